The smallest absolute Gasteiger partial charge is 0.420 e. The van der Waals surface area contributed by atoms with Crippen molar-refractivity contribution < 1.29 is 28.4 Å². The van der Waals surface area contributed by atoms with E-state index < -0.39 is 22.6 Å². The predicted octanol–water partition coefficient (Wildman–Crippen LogP) is 2.08. The Kier molecular flexibility index (Phi) is 6.11. The molecule has 2 aromatic carbocycles. The number of hydrogen-bond acceptors (Lipinski definition) is 8. The minimum absolute atomic E-state index is 0.0105. The fourth-order valence-electron chi connectivity index (χ4n) is 2.67. The number of ether oxygens (including phenoxy) is 2. The van der Waals surface area contributed by atoms with Crippen LogP contribution in [-0.2, 0) is 20.9 Å². The third-order valence-corrected chi connectivity index (χ3v) is 3.94. The highest BCUT2D eigenvalue weighted by atomic mass is 16.6. The van der Waals surface area contributed by atoms with Crippen molar-refractivity contribution in [1.82, 2.24) is 4.57 Å². The number of fused-ring (bicyclic) bond motifs is 1. The van der Waals surface area contributed by atoms with Crippen molar-refractivity contribution in [3.05, 3.63) is 63.1 Å². The van der Waals surface area contributed by atoms with Gasteiger partial charge in [-0.05, 0) is 25.1 Å². The van der Waals surface area contributed by atoms with Crippen molar-refractivity contribution in [2.75, 3.05) is 18.5 Å². The molecule has 156 valence electrons. The van der Waals surface area contributed by atoms with Crippen LogP contribution in [0, 0.1) is 10.1 Å². The van der Waals surface area contributed by atoms with Gasteiger partial charge in [0.2, 0.25) is 5.91 Å². The first-order chi connectivity index (χ1) is 14.4. The maximum Gasteiger partial charge on any atom is 0.420 e. The fourth-order valence-corrected chi connectivity index (χ4v) is 2.67. The molecule has 0 bridgehead atoms. The van der Waals surface area contributed by atoms with Gasteiger partial charge >= 0.3 is 11.7 Å². The van der Waals surface area contributed by atoms with Crippen LogP contribution in [0.1, 0.15) is 6.92 Å². The van der Waals surface area contributed by atoms with Gasteiger partial charge in [-0.25, -0.2) is 9.59 Å². The van der Waals surface area contributed by atoms with Gasteiger partial charge in [-0.1, -0.05) is 6.07 Å². The summed E-state index contributed by atoms with van der Waals surface area (Å²) in [7, 11) is 0. The number of aromatic nitrogens is 1. The van der Waals surface area contributed by atoms with Crippen LogP contribution < -0.4 is 15.8 Å². The molecule has 0 radical (unpaired) electrons. The molecule has 3 rings (SSSR count). The number of nitro benzene ring substituents is 1. The first kappa shape index (κ1) is 20.6. The molecule has 11 heteroatoms. The fraction of sp³-hybridized carbons (Fsp3) is 0.211. The number of nitrogens with zero attached hydrogens (tertiary/aromatic N) is 2. The van der Waals surface area contributed by atoms with Gasteiger partial charge in [0.15, 0.2) is 12.2 Å². The molecule has 3 aromatic rings. The third kappa shape index (κ3) is 4.82. The van der Waals surface area contributed by atoms with Crippen LogP contribution in [0.5, 0.6) is 5.75 Å². The van der Waals surface area contributed by atoms with Crippen LogP contribution >= 0.6 is 0 Å². The van der Waals surface area contributed by atoms with Gasteiger partial charge in [0.1, 0.15) is 12.3 Å². The van der Waals surface area contributed by atoms with Crippen molar-refractivity contribution >= 4 is 34.4 Å². The lowest BCUT2D eigenvalue weighted by Gasteiger charge is -2.09. The minimum Gasteiger partial charge on any atom is -0.482 e. The van der Waals surface area contributed by atoms with E-state index in [0.29, 0.717) is 11.4 Å². The third-order valence-electron chi connectivity index (χ3n) is 3.94. The van der Waals surface area contributed by atoms with E-state index in [0.717, 1.165) is 10.6 Å². The van der Waals surface area contributed by atoms with E-state index in [1.807, 2.05) is 0 Å². The average Bonchev–Trinajstić information content (AvgIpc) is 3.01. The Hall–Kier alpha value is -4.15. The van der Waals surface area contributed by atoms with Crippen LogP contribution in [-0.4, -0.2) is 34.6 Å². The van der Waals surface area contributed by atoms with Crippen LogP contribution in [0.4, 0.5) is 11.4 Å². The minimum atomic E-state index is -0.813. The summed E-state index contributed by atoms with van der Waals surface area (Å²) in [6.07, 6.45) is 0. The number of non-ortho nitro benzene ring substituents is 1. The quantitative estimate of drug-likeness (QED) is 0.335. The van der Waals surface area contributed by atoms with E-state index in [2.05, 4.69) is 5.32 Å². The molecule has 0 fully saturated rings. The maximum absolute atomic E-state index is 12.4. The standard InChI is InChI=1S/C19H17N3O8/c1-2-28-18(24)11-29-14-5-3-4-12(8-14)20-17(23)10-21-15-7-6-13(22(26)27)9-16(15)30-19(21)25/h3-9H,2,10-11H2,1H3,(H,20,23). The van der Waals surface area contributed by atoms with Gasteiger partial charge in [-0.3, -0.25) is 19.5 Å². The molecule has 0 aliphatic carbocycles. The molecule has 0 saturated heterocycles. The van der Waals surface area contributed by atoms with Crippen molar-refractivity contribution in [3.8, 4) is 5.75 Å². The zero-order valence-corrected chi connectivity index (χ0v) is 15.8. The second-order valence-electron chi connectivity index (χ2n) is 6.03. The van der Waals surface area contributed by atoms with E-state index >= 15 is 0 Å². The number of nitrogens with one attached hydrogen (secondary N) is 1. The first-order valence-corrected chi connectivity index (χ1v) is 8.83. The molecule has 1 amide bonds. The maximum atomic E-state index is 12.4. The van der Waals surface area contributed by atoms with E-state index in [9.17, 15) is 24.5 Å². The number of hydrogen-bond donors (Lipinski definition) is 1. The first-order valence-electron chi connectivity index (χ1n) is 8.83. The Balaban J connectivity index is 1.69. The molecule has 1 heterocycles. The van der Waals surface area contributed by atoms with Crippen molar-refractivity contribution in [2.24, 2.45) is 0 Å². The number of anilines is 1. The molecule has 0 aliphatic rings. The number of amides is 1. The Morgan fingerprint density at radius 3 is 2.77 bits per heavy atom. The molecule has 30 heavy (non-hydrogen) atoms. The van der Waals surface area contributed by atoms with E-state index in [-0.39, 0.29) is 36.5 Å². The second kappa shape index (κ2) is 8.90. The molecule has 1 N–H and O–H groups in total. The summed E-state index contributed by atoms with van der Waals surface area (Å²) in [6.45, 7) is 1.29. The monoisotopic (exact) mass is 415 g/mol. The Bertz CT molecular complexity index is 1160. The van der Waals surface area contributed by atoms with Gasteiger partial charge in [0, 0.05) is 17.8 Å². The van der Waals surface area contributed by atoms with Crippen molar-refractivity contribution in [3.63, 3.8) is 0 Å². The number of oxazole rings is 1. The molecule has 11 nitrogen and oxygen atoms in total. The Morgan fingerprint density at radius 1 is 1.23 bits per heavy atom. The van der Waals surface area contributed by atoms with Crippen LogP contribution in [0.15, 0.2) is 51.7 Å². The normalized spacial score (nSPS) is 10.6. The van der Waals surface area contributed by atoms with Crippen molar-refractivity contribution in [1.29, 1.82) is 0 Å². The number of rotatable bonds is 8. The van der Waals surface area contributed by atoms with E-state index in [1.54, 1.807) is 25.1 Å². The highest BCUT2D eigenvalue weighted by Crippen LogP contribution is 2.21. The van der Waals surface area contributed by atoms with Crippen molar-refractivity contribution in [2.45, 2.75) is 13.5 Å². The number of carbonyl (C=O) groups is 2. The molecule has 0 unspecified atom stereocenters. The predicted molar refractivity (Wildman–Crippen MR) is 104 cm³/mol. The Labute approximate surface area is 168 Å². The number of esters is 1. The molecule has 0 saturated carbocycles. The largest absolute Gasteiger partial charge is 0.482 e. The molecular weight excluding hydrogens is 398 g/mol. The molecule has 1 aromatic heterocycles. The number of carbonyl (C=O) groups excluding carboxylic acids is 2. The van der Waals surface area contributed by atoms with Crippen LogP contribution in [0.2, 0.25) is 0 Å². The summed E-state index contributed by atoms with van der Waals surface area (Å²) in [5, 5.41) is 13.5. The summed E-state index contributed by atoms with van der Waals surface area (Å²) in [5.74, 6) is -1.51. The number of benzene rings is 2. The highest BCUT2D eigenvalue weighted by molar-refractivity contribution is 5.91. The van der Waals surface area contributed by atoms with E-state index in [4.69, 9.17) is 13.9 Å². The summed E-state index contributed by atoms with van der Waals surface area (Å²) in [4.78, 5) is 46.0. The lowest BCUT2D eigenvalue weighted by molar-refractivity contribution is -0.384. The molecular formula is C19H17N3O8. The zero-order chi connectivity index (χ0) is 21.7. The van der Waals surface area contributed by atoms with Gasteiger partial charge in [0.25, 0.3) is 5.69 Å². The summed E-state index contributed by atoms with van der Waals surface area (Å²) >= 11 is 0. The lowest BCUT2D eigenvalue weighted by atomic mass is 10.3. The SMILES string of the molecule is CCOC(=O)COc1cccc(NC(=O)Cn2c(=O)oc3cc([N+](=O)[O-])ccc32)c1. The highest BCUT2D eigenvalue weighted by Gasteiger charge is 2.16. The topological polar surface area (TPSA) is 143 Å². The molecule has 0 atom stereocenters. The second-order valence-corrected chi connectivity index (χ2v) is 6.03. The van der Waals surface area contributed by atoms with Gasteiger partial charge < -0.3 is 19.2 Å². The van der Waals surface area contributed by atoms with Crippen LogP contribution in [0.25, 0.3) is 11.1 Å². The zero-order valence-electron chi connectivity index (χ0n) is 15.8. The summed E-state index contributed by atoms with van der Waals surface area (Å²) in [6, 6.07) is 10.0. The van der Waals surface area contributed by atoms with E-state index in [1.165, 1.54) is 18.2 Å². The summed E-state index contributed by atoms with van der Waals surface area (Å²) in [5.41, 5.74) is 0.425. The summed E-state index contributed by atoms with van der Waals surface area (Å²) < 4.78 is 16.1. The van der Waals surface area contributed by atoms with Gasteiger partial charge in [0.05, 0.1) is 23.1 Å². The molecule has 0 spiro atoms. The number of nitro groups is 1. The van der Waals surface area contributed by atoms with Gasteiger partial charge in [-0.2, -0.15) is 0 Å². The lowest BCUT2D eigenvalue weighted by Crippen LogP contribution is -2.24. The average molecular weight is 415 g/mol. The molecule has 0 aliphatic heterocycles. The Morgan fingerprint density at radius 2 is 2.03 bits per heavy atom. The van der Waals surface area contributed by atoms with Gasteiger partial charge in [-0.15, -0.1) is 0 Å². The van der Waals surface area contributed by atoms with Crippen LogP contribution in [0.3, 0.4) is 0 Å².